The Morgan fingerprint density at radius 3 is 2.39 bits per heavy atom. The highest BCUT2D eigenvalue weighted by Crippen LogP contribution is 2.49. The molecule has 0 spiro atoms. The molecule has 1 aliphatic heterocycles. The Bertz CT molecular complexity index is 1040. The van der Waals surface area contributed by atoms with Gasteiger partial charge in [-0.25, -0.2) is 9.59 Å². The predicted octanol–water partition coefficient (Wildman–Crippen LogP) is 4.39. The molecule has 2 unspecified atom stereocenters. The van der Waals surface area contributed by atoms with Gasteiger partial charge in [0.1, 0.15) is 0 Å². The Morgan fingerprint density at radius 1 is 1.24 bits per heavy atom. The number of halogens is 6. The van der Waals surface area contributed by atoms with Gasteiger partial charge in [-0.3, -0.25) is 15.1 Å². The van der Waals surface area contributed by atoms with E-state index in [1.54, 1.807) is 12.1 Å². The lowest BCUT2D eigenvalue weighted by molar-refractivity contribution is -0.984. The normalized spacial score (nSPS) is 25.9. The number of allylic oxidation sites excluding steroid dienone is 2. The fourth-order valence-electron chi connectivity index (χ4n) is 3.41. The minimum atomic E-state index is -5.39. The lowest BCUT2D eigenvalue weighted by Gasteiger charge is -2.37. The summed E-state index contributed by atoms with van der Waals surface area (Å²) in [6.45, 7) is 0.706. The number of hydrogen-bond donors (Lipinski definition) is 1. The number of carbonyl (C=O) groups excluding carboxylic acids is 2. The van der Waals surface area contributed by atoms with E-state index in [9.17, 15) is 35.9 Å². The molecule has 2 atom stereocenters. The van der Waals surface area contributed by atoms with Crippen molar-refractivity contribution < 1.29 is 45.4 Å². The average Bonchev–Trinajstić information content (AvgIpc) is 3.05. The SMILES string of the molecule is CC1(SC(F)(F)F)C(=S)C=C([N+]2(OC(=O)C(F)(F)F)CCNC2=O)C=C1Cc1ccncc1. The van der Waals surface area contributed by atoms with Gasteiger partial charge in [-0.05, 0) is 53.0 Å². The van der Waals surface area contributed by atoms with Gasteiger partial charge in [0.15, 0.2) is 12.2 Å². The molecule has 1 fully saturated rings. The van der Waals surface area contributed by atoms with Crippen molar-refractivity contribution in [2.75, 3.05) is 13.1 Å². The van der Waals surface area contributed by atoms with Crippen LogP contribution < -0.4 is 5.32 Å². The number of carbonyl (C=O) groups is 2. The van der Waals surface area contributed by atoms with Crippen molar-refractivity contribution in [3.05, 3.63) is 53.5 Å². The number of nitrogens with zero attached hydrogens (tertiary/aromatic N) is 2. The molecule has 1 aliphatic carbocycles. The second kappa shape index (κ2) is 8.72. The fraction of sp³-hybridized carbons (Fsp3) is 0.368. The summed E-state index contributed by atoms with van der Waals surface area (Å²) in [6, 6.07) is 2.03. The molecule has 0 aromatic carbocycles. The molecule has 1 aromatic heterocycles. The lowest BCUT2D eigenvalue weighted by atomic mass is 9.86. The topological polar surface area (TPSA) is 68.3 Å². The van der Waals surface area contributed by atoms with Gasteiger partial charge in [-0.1, -0.05) is 12.2 Å². The first-order chi connectivity index (χ1) is 15.2. The molecule has 1 N–H and O–H groups in total. The zero-order valence-electron chi connectivity index (χ0n) is 16.8. The molecule has 2 aliphatic rings. The number of amides is 2. The van der Waals surface area contributed by atoms with Gasteiger partial charge < -0.3 is 0 Å². The number of aromatic nitrogens is 1. The highest BCUT2D eigenvalue weighted by molar-refractivity contribution is 8.03. The van der Waals surface area contributed by atoms with Gasteiger partial charge in [0.25, 0.3) is 0 Å². The molecule has 0 bridgehead atoms. The highest BCUT2D eigenvalue weighted by atomic mass is 32.2. The number of hydrogen-bond acceptors (Lipinski definition) is 6. The van der Waals surface area contributed by atoms with Gasteiger partial charge in [-0.2, -0.15) is 26.3 Å². The summed E-state index contributed by atoms with van der Waals surface area (Å²) >= 11 is 4.85. The van der Waals surface area contributed by atoms with Gasteiger partial charge in [-0.15, -0.1) is 0 Å². The highest BCUT2D eigenvalue weighted by Gasteiger charge is 2.57. The number of hydroxylamine groups is 3. The smallest absolute Gasteiger partial charge is 0.296 e. The first kappa shape index (κ1) is 25.2. The maximum atomic E-state index is 13.4. The van der Waals surface area contributed by atoms with Crippen LogP contribution in [0.5, 0.6) is 0 Å². The second-order valence-electron chi connectivity index (χ2n) is 7.29. The van der Waals surface area contributed by atoms with Crippen LogP contribution in [0.1, 0.15) is 12.5 Å². The van der Waals surface area contributed by atoms with Crippen LogP contribution in [-0.4, -0.2) is 56.0 Å². The first-order valence-electron chi connectivity index (χ1n) is 9.28. The molecule has 6 nitrogen and oxygen atoms in total. The average molecular weight is 512 g/mol. The number of nitrogens with one attached hydrogen (secondary N) is 1. The number of thioether (sulfide) groups is 1. The third-order valence-electron chi connectivity index (χ3n) is 5.07. The number of alkyl halides is 6. The number of pyridine rings is 1. The Balaban J connectivity index is 2.11. The van der Waals surface area contributed by atoms with Crippen molar-refractivity contribution >= 4 is 40.8 Å². The van der Waals surface area contributed by atoms with Crippen LogP contribution in [0, 0.1) is 0 Å². The minimum Gasteiger partial charge on any atom is -0.296 e. The Kier molecular flexibility index (Phi) is 6.65. The molecule has 2 amide bonds. The van der Waals surface area contributed by atoms with Crippen LogP contribution in [0.2, 0.25) is 0 Å². The molecule has 2 heterocycles. The second-order valence-corrected chi connectivity index (χ2v) is 9.21. The molecule has 1 saturated heterocycles. The van der Waals surface area contributed by atoms with Gasteiger partial charge >= 0.3 is 23.7 Å². The lowest BCUT2D eigenvalue weighted by Crippen LogP contribution is -2.54. The summed E-state index contributed by atoms with van der Waals surface area (Å²) in [7, 11) is 0. The van der Waals surface area contributed by atoms with Crippen LogP contribution in [0.25, 0.3) is 0 Å². The van der Waals surface area contributed by atoms with Crippen molar-refractivity contribution in [1.29, 1.82) is 0 Å². The molecule has 14 heteroatoms. The molecule has 3 rings (SSSR count). The van der Waals surface area contributed by atoms with Gasteiger partial charge in [0.2, 0.25) is 0 Å². The molecule has 1 aromatic rings. The van der Waals surface area contributed by atoms with Crippen LogP contribution >= 0.6 is 24.0 Å². The van der Waals surface area contributed by atoms with E-state index in [-0.39, 0.29) is 40.9 Å². The van der Waals surface area contributed by atoms with Crippen molar-refractivity contribution in [3.63, 3.8) is 0 Å². The van der Waals surface area contributed by atoms with E-state index in [0.29, 0.717) is 5.56 Å². The van der Waals surface area contributed by atoms with Crippen molar-refractivity contribution in [3.8, 4) is 0 Å². The first-order valence-corrected chi connectivity index (χ1v) is 10.5. The van der Waals surface area contributed by atoms with E-state index in [4.69, 9.17) is 12.2 Å². The maximum Gasteiger partial charge on any atom is 0.497 e. The summed E-state index contributed by atoms with van der Waals surface area (Å²) in [5, 5.41) is 2.28. The molecule has 33 heavy (non-hydrogen) atoms. The van der Waals surface area contributed by atoms with E-state index < -0.39 is 39.6 Å². The van der Waals surface area contributed by atoms with Crippen LogP contribution in [-0.2, 0) is 16.1 Å². The van der Waals surface area contributed by atoms with Gasteiger partial charge in [0, 0.05) is 29.4 Å². The zero-order valence-corrected chi connectivity index (χ0v) is 18.4. The molecule has 0 saturated carbocycles. The standard InChI is InChI=1S/C19H15F6N3O3S2/c1-17(33-19(23,24)25)12(8-11-2-4-26-5-3-11)9-13(10-14(17)32)28(7-6-27-16(28)30)31-15(29)18(20,21)22/h2-5,9-10H,6-8H2,1H3/p+1. The monoisotopic (exact) mass is 512 g/mol. The number of rotatable bonds is 5. The molecular formula is C19H16F6N3O3S2+. The molecule has 0 radical (unpaired) electrons. The minimum absolute atomic E-state index is 0.0683. The predicted molar refractivity (Wildman–Crippen MR) is 109 cm³/mol. The van der Waals surface area contributed by atoms with Crippen LogP contribution in [0.15, 0.2) is 47.9 Å². The fourth-order valence-corrected chi connectivity index (χ4v) is 4.67. The summed E-state index contributed by atoms with van der Waals surface area (Å²) in [4.78, 5) is 32.3. The van der Waals surface area contributed by atoms with Crippen molar-refractivity contribution in [2.24, 2.45) is 0 Å². The Hall–Kier alpha value is -2.45. The van der Waals surface area contributed by atoms with E-state index in [2.05, 4.69) is 15.1 Å². The maximum absolute atomic E-state index is 13.4. The number of urea groups is 1. The van der Waals surface area contributed by atoms with Gasteiger partial charge in [0.05, 0.1) is 11.3 Å². The largest absolute Gasteiger partial charge is 0.497 e. The summed E-state index contributed by atoms with van der Waals surface area (Å²) < 4.78 is 75.6. The number of quaternary nitrogens is 1. The molecular weight excluding hydrogens is 496 g/mol. The summed E-state index contributed by atoms with van der Waals surface area (Å²) in [5.74, 6) is -2.62. The summed E-state index contributed by atoms with van der Waals surface area (Å²) in [6.07, 6.45) is -0.491. The van der Waals surface area contributed by atoms with E-state index in [1.807, 2.05) is 0 Å². The Morgan fingerprint density at radius 2 is 1.88 bits per heavy atom. The number of thiocarbonyl (C=S) groups is 1. The molecule has 178 valence electrons. The zero-order chi connectivity index (χ0) is 24.7. The van der Waals surface area contributed by atoms with Crippen molar-refractivity contribution in [2.45, 2.75) is 29.8 Å². The van der Waals surface area contributed by atoms with Crippen LogP contribution in [0.3, 0.4) is 0 Å². The van der Waals surface area contributed by atoms with E-state index >= 15 is 0 Å². The quantitative estimate of drug-likeness (QED) is 0.359. The van der Waals surface area contributed by atoms with E-state index in [1.165, 1.54) is 19.3 Å². The third-order valence-corrected chi connectivity index (χ3v) is 6.84. The summed E-state index contributed by atoms with van der Waals surface area (Å²) in [5.41, 5.74) is -4.35. The van der Waals surface area contributed by atoms with E-state index in [0.717, 1.165) is 12.2 Å². The van der Waals surface area contributed by atoms with Crippen LogP contribution in [0.4, 0.5) is 31.1 Å². The third kappa shape index (κ3) is 5.22. The van der Waals surface area contributed by atoms with Crippen molar-refractivity contribution in [1.82, 2.24) is 10.3 Å². The Labute approximate surface area is 193 Å².